The van der Waals surface area contributed by atoms with E-state index in [2.05, 4.69) is 159 Å². The van der Waals surface area contributed by atoms with Crippen molar-refractivity contribution in [2.45, 2.75) is 224 Å². The molecule has 0 fully saturated rings. The molecule has 0 rings (SSSR count). The highest BCUT2D eigenvalue weighted by molar-refractivity contribution is 9.36. The molecule has 0 saturated carbocycles. The average Bonchev–Trinajstić information content (AvgIpc) is 0.723. The zero-order valence-electron chi connectivity index (χ0n) is 61.7. The first-order chi connectivity index (χ1) is 45.8. The van der Waals surface area contributed by atoms with Gasteiger partial charge in [-0.3, -0.25) is 0 Å². The Labute approximate surface area is 654 Å². The number of hydrogen-bond donors (Lipinski definition) is 0. The van der Waals surface area contributed by atoms with Gasteiger partial charge in [0.15, 0.2) is 91.2 Å². The van der Waals surface area contributed by atoms with Gasteiger partial charge in [-0.1, -0.05) is 54.9 Å². The topological polar surface area (TPSA) is 138 Å². The van der Waals surface area contributed by atoms with Crippen molar-refractivity contribution in [2.75, 3.05) is 128 Å². The Bertz CT molecular complexity index is 1620. The van der Waals surface area contributed by atoms with Gasteiger partial charge in [0, 0.05) is 128 Å². The Balaban J connectivity index is 12.0. The van der Waals surface area contributed by atoms with Gasteiger partial charge in [-0.2, -0.15) is 0 Å². The molecule has 0 N–H and O–H groups in total. The zero-order valence-corrected chi connectivity index (χ0v) is 83.1. The van der Waals surface area contributed by atoms with Crippen LogP contribution >= 0.6 is 157 Å². The van der Waals surface area contributed by atoms with Gasteiger partial charge in [0.05, 0.1) is 16.0 Å². The van der Waals surface area contributed by atoms with Crippen LogP contribution in [0.5, 0.6) is 0 Å². The van der Waals surface area contributed by atoms with E-state index in [4.69, 9.17) is 66.4 Å². The SMILES string of the molecule is CCCSS[S+](SC(CCC(C)CC)C(C)(S[S+](SSCCC)[Si](OCC)(OCC)OCC)C(S[S+](SSCCC)[Si](OCC)(OCC)OCC)(S[S+](SSCCC)[Si](OCC)(OCC)OCC)S[S+](SSCCC)[Si](OCC)(OCC)OCC)[Si](OCC)(OCC)OCC. The Morgan fingerprint density at radius 3 is 0.684 bits per heavy atom. The maximum Gasteiger partial charge on any atom is 0.808 e. The van der Waals surface area contributed by atoms with E-state index >= 15 is 0 Å². The molecule has 0 spiro atoms. The number of rotatable bonds is 71. The highest BCUT2D eigenvalue weighted by Crippen LogP contribution is 2.75. The third kappa shape index (κ3) is 35.4. The average molecular weight is 1810 g/mol. The van der Waals surface area contributed by atoms with Crippen molar-refractivity contribution in [3.05, 3.63) is 0 Å². The first-order valence-corrected chi connectivity index (χ1v) is 73.4. The van der Waals surface area contributed by atoms with Gasteiger partial charge in [0.25, 0.3) is 3.41 Å². The molecule has 8 unspecified atom stereocenters. The Kier molecular flexibility index (Phi) is 67.0. The van der Waals surface area contributed by atoms with Crippen molar-refractivity contribution in [3.63, 3.8) is 0 Å². The van der Waals surface area contributed by atoms with Gasteiger partial charge in [0.2, 0.25) is 0 Å². The van der Waals surface area contributed by atoms with Gasteiger partial charge in [-0.05, 0) is 216 Å². The van der Waals surface area contributed by atoms with Gasteiger partial charge >= 0.3 is 39.8 Å². The summed E-state index contributed by atoms with van der Waals surface area (Å²) in [6, 6.07) is 0. The second-order valence-corrected chi connectivity index (χ2v) is 89.7. The molecule has 0 heterocycles. The van der Waals surface area contributed by atoms with Crippen molar-refractivity contribution in [1.82, 2.24) is 0 Å². The first-order valence-electron chi connectivity index (χ1n) is 34.1. The van der Waals surface area contributed by atoms with Crippen molar-refractivity contribution in [1.29, 1.82) is 0 Å². The van der Waals surface area contributed by atoms with Crippen molar-refractivity contribution in [2.24, 2.45) is 5.92 Å². The van der Waals surface area contributed by atoms with Gasteiger partial charge in [-0.15, -0.1) is 0 Å². The molecule has 0 aromatic rings. The second-order valence-electron chi connectivity index (χ2n) is 19.3. The lowest BCUT2D eigenvalue weighted by atomic mass is 9.96. The molecule has 0 aliphatic carbocycles. The molecule has 95 heavy (non-hydrogen) atoms. The molecular weight excluding hydrogens is 1680 g/mol. The largest absolute Gasteiger partial charge is 0.808 e. The summed E-state index contributed by atoms with van der Waals surface area (Å²) in [4.78, 5) is 0. The van der Waals surface area contributed by atoms with E-state index in [0.29, 0.717) is 105 Å². The lowest BCUT2D eigenvalue weighted by Crippen LogP contribution is -2.61. The van der Waals surface area contributed by atoms with E-state index in [1.807, 2.05) is 157 Å². The summed E-state index contributed by atoms with van der Waals surface area (Å²) < 4.78 is 108. The van der Waals surface area contributed by atoms with Crippen LogP contribution in [0, 0.1) is 5.92 Å². The van der Waals surface area contributed by atoms with E-state index < -0.39 is 90.0 Å². The lowest BCUT2D eigenvalue weighted by Gasteiger charge is -2.44. The van der Waals surface area contributed by atoms with Crippen LogP contribution in [0.15, 0.2) is 0 Å². The van der Waals surface area contributed by atoms with Crippen LogP contribution in [0.1, 0.15) is 211 Å². The molecule has 0 bridgehead atoms. The van der Waals surface area contributed by atoms with Crippen LogP contribution in [0.2, 0.25) is 0 Å². The highest BCUT2D eigenvalue weighted by atomic mass is 33.8. The third-order valence-electron chi connectivity index (χ3n) is 11.7. The molecule has 0 radical (unpaired) electrons. The quantitative estimate of drug-likeness (QED) is 0.0187. The summed E-state index contributed by atoms with van der Waals surface area (Å²) in [6.07, 6.45) is 7.75. The van der Waals surface area contributed by atoms with Crippen molar-refractivity contribution >= 4 is 239 Å². The fourth-order valence-electron chi connectivity index (χ4n) is 7.56. The predicted octanol–water partition coefficient (Wildman–Crippen LogP) is 22.2. The molecular formula is C55H127O15S20Si5+5. The summed E-state index contributed by atoms with van der Waals surface area (Å²) in [7, 11) is 6.12. The van der Waals surface area contributed by atoms with E-state index in [9.17, 15) is 0 Å². The minimum atomic E-state index is -3.77. The summed E-state index contributed by atoms with van der Waals surface area (Å²) in [5.74, 6) is 5.01. The van der Waals surface area contributed by atoms with Crippen LogP contribution in [0.4, 0.5) is 0 Å². The summed E-state index contributed by atoms with van der Waals surface area (Å²) >= 11 is 0. The second kappa shape index (κ2) is 62.1. The molecule has 0 aromatic heterocycles. The first kappa shape index (κ1) is 102. The molecule has 40 heteroatoms. The van der Waals surface area contributed by atoms with Gasteiger partial charge in [0.1, 0.15) is 47.9 Å². The van der Waals surface area contributed by atoms with E-state index in [0.717, 1.165) is 80.1 Å². The zero-order chi connectivity index (χ0) is 71.6. The Morgan fingerprint density at radius 2 is 0.484 bits per heavy atom. The fraction of sp³-hybridized carbons (Fsp3) is 1.00. The van der Waals surface area contributed by atoms with E-state index in [1.54, 1.807) is 0 Å². The Morgan fingerprint density at radius 1 is 0.284 bits per heavy atom. The maximum absolute atomic E-state index is 7.36. The minimum Gasteiger partial charge on any atom is -0.331 e. The Hall–Kier alpha value is 7.48. The van der Waals surface area contributed by atoms with Crippen LogP contribution in [0.25, 0.3) is 0 Å². The highest BCUT2D eigenvalue weighted by Gasteiger charge is 2.85. The molecule has 0 amide bonds. The lowest BCUT2D eigenvalue weighted by molar-refractivity contribution is 0.0958. The molecule has 572 valence electrons. The summed E-state index contributed by atoms with van der Waals surface area (Å²) in [5.41, 5.74) is 0. The van der Waals surface area contributed by atoms with Crippen LogP contribution in [-0.4, -0.2) is 181 Å². The number of hydrogen-bond acceptors (Lipinski definition) is 30. The van der Waals surface area contributed by atoms with E-state index in [-0.39, 0.29) is 5.25 Å². The molecule has 8 atom stereocenters. The maximum atomic E-state index is 7.36. The van der Waals surface area contributed by atoms with Crippen LogP contribution in [-0.2, 0) is 108 Å². The molecule has 0 saturated heterocycles. The molecule has 0 aromatic carbocycles. The smallest absolute Gasteiger partial charge is 0.331 e. The van der Waals surface area contributed by atoms with Crippen molar-refractivity contribution < 1.29 is 66.4 Å². The fourth-order valence-corrected chi connectivity index (χ4v) is 128. The minimum absolute atomic E-state index is 0.202. The predicted molar refractivity (Wildman–Crippen MR) is 473 cm³/mol. The third-order valence-corrected chi connectivity index (χ3v) is 111. The normalized spacial score (nSPS) is 16.6. The summed E-state index contributed by atoms with van der Waals surface area (Å²) in [5, 5.41) is -0.202. The standard InChI is InChI=1S/C55H127O15S20Si5/c1-24-47-71-81-86(91(56-30-7,57-31-8)58-32-9)76-53(46-45-52(22)29-6)54(23,77-87(82-72-48-25-2)92(59-33-10,60-34-11)61-35-12)55(78-88(83-73-49-26-3)93(62-36-13,63-37-14)64-38-15,79-89(84-74-50-27-4)94(65-39-16,66-40-17)67-41-18)80-90(85-75-51-28-5)95(68-42-19,69-43-20)70-44-21/h52-53H,24-51H2,1-23H3/q+5. The monoisotopic (exact) mass is 1810 g/mol. The molecule has 15 nitrogen and oxygen atoms in total. The molecule has 0 aliphatic heterocycles. The molecule has 0 aliphatic rings. The van der Waals surface area contributed by atoms with Gasteiger partial charge in [-0.25, -0.2) is 0 Å². The van der Waals surface area contributed by atoms with Crippen LogP contribution < -0.4 is 0 Å². The van der Waals surface area contributed by atoms with Gasteiger partial charge < -0.3 is 66.4 Å². The summed E-state index contributed by atoms with van der Waals surface area (Å²) in [6.45, 7) is 56.2. The van der Waals surface area contributed by atoms with Crippen molar-refractivity contribution in [3.8, 4) is 0 Å². The van der Waals surface area contributed by atoms with E-state index in [1.165, 1.54) is 0 Å². The van der Waals surface area contributed by atoms with Crippen LogP contribution in [0.3, 0.4) is 0 Å².